The van der Waals surface area contributed by atoms with Crippen LogP contribution in [-0.4, -0.2) is 0 Å². The zero-order chi connectivity index (χ0) is 8.10. The van der Waals surface area contributed by atoms with Crippen molar-refractivity contribution in [3.8, 4) is 0 Å². The molecule has 1 aromatic rings. The van der Waals surface area contributed by atoms with Gasteiger partial charge >= 0.3 is 0 Å². The highest BCUT2D eigenvalue weighted by Gasteiger charge is 1.98. The summed E-state index contributed by atoms with van der Waals surface area (Å²) in [6.07, 6.45) is 0. The Hall–Kier alpha value is -0.380. The molecule has 0 N–H and O–H groups in total. The van der Waals surface area contributed by atoms with E-state index in [0.29, 0.717) is 0 Å². The molecular formula is C8H8BrNO. The molecule has 0 atom stereocenters. The van der Waals surface area contributed by atoms with Gasteiger partial charge in [0.15, 0.2) is 0 Å². The quantitative estimate of drug-likeness (QED) is 0.559. The van der Waals surface area contributed by atoms with Crippen molar-refractivity contribution in [1.82, 2.24) is 5.90 Å². The van der Waals surface area contributed by atoms with Gasteiger partial charge in [0.25, 0.3) is 0 Å². The van der Waals surface area contributed by atoms with E-state index in [1.54, 1.807) is 0 Å². The Morgan fingerprint density at radius 3 is 2.45 bits per heavy atom. The van der Waals surface area contributed by atoms with Gasteiger partial charge in [-0.3, -0.25) is 4.84 Å². The molecule has 3 heteroatoms. The minimum absolute atomic E-state index is 0.252. The Kier molecular flexibility index (Phi) is 3.56. The number of alkyl halides is 1. The Balaban J connectivity index is 2.83. The van der Waals surface area contributed by atoms with E-state index in [0.717, 1.165) is 16.5 Å². The second-order valence-electron chi connectivity index (χ2n) is 2.18. The average Bonchev–Trinajstić information content (AvgIpc) is 2.06. The fourth-order valence-electron chi connectivity index (χ4n) is 0.898. The second kappa shape index (κ2) is 4.49. The molecule has 1 rings (SSSR count). The normalized spacial score (nSPS) is 10.0. The maximum absolute atomic E-state index is 8.22. The lowest BCUT2D eigenvalue weighted by Crippen LogP contribution is -1.93. The van der Waals surface area contributed by atoms with Crippen molar-refractivity contribution in [1.29, 1.82) is 0 Å². The van der Waals surface area contributed by atoms with Crippen LogP contribution in [0.3, 0.4) is 0 Å². The highest BCUT2D eigenvalue weighted by Crippen LogP contribution is 2.12. The summed E-state index contributed by atoms with van der Waals surface area (Å²) in [4.78, 5) is 4.05. The Morgan fingerprint density at radius 2 is 1.91 bits per heavy atom. The van der Waals surface area contributed by atoms with Gasteiger partial charge in [0.1, 0.15) is 0 Å². The summed E-state index contributed by atoms with van der Waals surface area (Å²) in [5.41, 5.74) is 2.15. The zero-order valence-corrected chi connectivity index (χ0v) is 7.54. The van der Waals surface area contributed by atoms with Crippen molar-refractivity contribution in [2.24, 2.45) is 0 Å². The smallest absolute Gasteiger partial charge is 0.0973 e. The fraction of sp³-hybridized carbons (Fsp3) is 0.250. The van der Waals surface area contributed by atoms with Gasteiger partial charge in [-0.1, -0.05) is 40.2 Å². The molecule has 0 unspecified atom stereocenters. The molecule has 1 aromatic carbocycles. The van der Waals surface area contributed by atoms with E-state index in [1.165, 1.54) is 0 Å². The van der Waals surface area contributed by atoms with Crippen LogP contribution in [-0.2, 0) is 16.8 Å². The molecule has 11 heavy (non-hydrogen) atoms. The van der Waals surface area contributed by atoms with E-state index in [2.05, 4.69) is 20.8 Å². The molecular weight excluding hydrogens is 206 g/mol. The van der Waals surface area contributed by atoms with Crippen LogP contribution in [0.4, 0.5) is 0 Å². The molecule has 0 saturated carbocycles. The summed E-state index contributed by atoms with van der Waals surface area (Å²) in [6, 6.07) is 7.79. The summed E-state index contributed by atoms with van der Waals surface area (Å²) in [5, 5.41) is 0.784. The first-order valence-electron chi connectivity index (χ1n) is 3.27. The second-order valence-corrected chi connectivity index (χ2v) is 2.74. The molecule has 0 aliphatic carbocycles. The van der Waals surface area contributed by atoms with Crippen molar-refractivity contribution in [3.63, 3.8) is 0 Å². The lowest BCUT2D eigenvalue weighted by Gasteiger charge is -2.02. The predicted molar refractivity (Wildman–Crippen MR) is 46.0 cm³/mol. The van der Waals surface area contributed by atoms with E-state index in [9.17, 15) is 0 Å². The Bertz CT molecular complexity index is 227. The van der Waals surface area contributed by atoms with Crippen molar-refractivity contribution < 1.29 is 4.84 Å². The number of rotatable bonds is 3. The molecule has 0 aliphatic rings. The van der Waals surface area contributed by atoms with Crippen molar-refractivity contribution >= 4 is 15.9 Å². The third-order valence-electron chi connectivity index (χ3n) is 1.48. The van der Waals surface area contributed by atoms with Gasteiger partial charge < -0.3 is 0 Å². The Labute approximate surface area is 74.4 Å². The fourth-order valence-corrected chi connectivity index (χ4v) is 1.45. The van der Waals surface area contributed by atoms with E-state index in [-0.39, 0.29) is 6.61 Å². The van der Waals surface area contributed by atoms with Crippen LogP contribution in [0.2, 0.25) is 0 Å². The number of benzene rings is 1. The van der Waals surface area contributed by atoms with Crippen molar-refractivity contribution in [2.45, 2.75) is 11.9 Å². The van der Waals surface area contributed by atoms with Crippen LogP contribution in [0.5, 0.6) is 0 Å². The topological polar surface area (TPSA) is 31.5 Å². The van der Waals surface area contributed by atoms with Gasteiger partial charge in [0.2, 0.25) is 0 Å². The molecule has 0 amide bonds. The summed E-state index contributed by atoms with van der Waals surface area (Å²) in [7, 11) is 0. The highest BCUT2D eigenvalue weighted by atomic mass is 79.9. The van der Waals surface area contributed by atoms with Crippen LogP contribution >= 0.6 is 15.9 Å². The monoisotopic (exact) mass is 213 g/mol. The van der Waals surface area contributed by atoms with Crippen LogP contribution < -0.4 is 5.90 Å². The molecule has 0 aliphatic heterocycles. The summed E-state index contributed by atoms with van der Waals surface area (Å²) in [5.74, 6) is 8.22. The van der Waals surface area contributed by atoms with Crippen molar-refractivity contribution in [2.75, 3.05) is 0 Å². The minimum atomic E-state index is 0.252. The Morgan fingerprint density at radius 1 is 1.27 bits per heavy atom. The molecule has 0 aromatic heterocycles. The van der Waals surface area contributed by atoms with Crippen LogP contribution in [0, 0.1) is 0 Å². The number of hydrogen-bond donors (Lipinski definition) is 0. The number of hydrogen-bond acceptors (Lipinski definition) is 1. The lowest BCUT2D eigenvalue weighted by molar-refractivity contribution is 0.104. The van der Waals surface area contributed by atoms with Gasteiger partial charge in [-0.25, -0.2) is 0 Å². The van der Waals surface area contributed by atoms with E-state index in [4.69, 9.17) is 5.90 Å². The van der Waals surface area contributed by atoms with Gasteiger partial charge in [-0.2, -0.15) is 0 Å². The highest BCUT2D eigenvalue weighted by molar-refractivity contribution is 9.08. The van der Waals surface area contributed by atoms with Crippen LogP contribution in [0.15, 0.2) is 24.3 Å². The molecule has 0 saturated heterocycles. The minimum Gasteiger partial charge on any atom is -0.259 e. The van der Waals surface area contributed by atoms with Gasteiger partial charge in [-0.15, -0.1) is 0 Å². The van der Waals surface area contributed by atoms with Crippen LogP contribution in [0.1, 0.15) is 11.1 Å². The third-order valence-corrected chi connectivity index (χ3v) is 2.09. The number of halogens is 1. The molecule has 0 bridgehead atoms. The van der Waals surface area contributed by atoms with Gasteiger partial charge in [0.05, 0.1) is 6.61 Å². The lowest BCUT2D eigenvalue weighted by atomic mass is 10.1. The summed E-state index contributed by atoms with van der Waals surface area (Å²) in [6.45, 7) is 0.252. The largest absolute Gasteiger partial charge is 0.259 e. The van der Waals surface area contributed by atoms with E-state index >= 15 is 0 Å². The molecule has 0 spiro atoms. The third kappa shape index (κ3) is 2.29. The summed E-state index contributed by atoms with van der Waals surface area (Å²) >= 11 is 3.34. The average molecular weight is 214 g/mol. The van der Waals surface area contributed by atoms with Gasteiger partial charge in [0, 0.05) is 11.2 Å². The molecule has 2 radical (unpaired) electrons. The molecule has 2 nitrogen and oxygen atoms in total. The standard InChI is InChI=1S/C8H8BrNO/c9-5-7-3-1-2-4-8(7)6-11-10/h1-4H,5-6H2. The van der Waals surface area contributed by atoms with Gasteiger partial charge in [-0.05, 0) is 11.1 Å². The first kappa shape index (κ1) is 8.71. The summed E-state index contributed by atoms with van der Waals surface area (Å²) < 4.78 is 0. The van der Waals surface area contributed by atoms with E-state index in [1.807, 2.05) is 24.3 Å². The first-order valence-corrected chi connectivity index (χ1v) is 4.39. The molecule has 0 fully saturated rings. The maximum Gasteiger partial charge on any atom is 0.0973 e. The first-order chi connectivity index (χ1) is 5.38. The maximum atomic E-state index is 8.22. The van der Waals surface area contributed by atoms with E-state index < -0.39 is 0 Å². The van der Waals surface area contributed by atoms with Crippen molar-refractivity contribution in [3.05, 3.63) is 35.4 Å². The molecule has 58 valence electrons. The SMILES string of the molecule is [N]OCc1ccccc1CBr. The zero-order valence-electron chi connectivity index (χ0n) is 5.96. The predicted octanol–water partition coefficient (Wildman–Crippen LogP) is 2.08. The number of nitrogens with zero attached hydrogens (tertiary/aromatic N) is 1. The molecule has 0 heterocycles. The van der Waals surface area contributed by atoms with Crippen LogP contribution in [0.25, 0.3) is 0 Å².